The van der Waals surface area contributed by atoms with Crippen molar-refractivity contribution in [1.29, 1.82) is 0 Å². The summed E-state index contributed by atoms with van der Waals surface area (Å²) in [7, 11) is 3.42. The highest BCUT2D eigenvalue weighted by atomic mass is 32.2. The number of ether oxygens (including phenoxy) is 1. The van der Waals surface area contributed by atoms with E-state index in [1.807, 2.05) is 6.92 Å². The van der Waals surface area contributed by atoms with E-state index in [4.69, 9.17) is 14.9 Å². The minimum absolute atomic E-state index is 0.00757. The lowest BCUT2D eigenvalue weighted by Crippen LogP contribution is -2.63. The SMILES string of the molecule is C[C@H](O)[C@H]1C(=O)N2C(C(=O)O)=C(S[C@@H]3CN[C@H](C(=O)N(C)C)C3)[C@H](C)[C@H]12.O=C(O)C1C(=CCO)OC2CC(=O)N21. The predicted octanol–water partition coefficient (Wildman–Crippen LogP) is -1.40. The van der Waals surface area contributed by atoms with Crippen molar-refractivity contribution < 1.29 is 49.1 Å². The zero-order valence-corrected chi connectivity index (χ0v) is 23.3. The average Bonchev–Trinajstić information content (AvgIpc) is 3.51. The summed E-state index contributed by atoms with van der Waals surface area (Å²) in [6, 6.07) is -1.63. The molecular weight excluding hydrogens is 548 g/mol. The minimum Gasteiger partial charge on any atom is -0.479 e. The lowest BCUT2D eigenvalue weighted by molar-refractivity contribution is -0.163. The van der Waals surface area contributed by atoms with E-state index in [2.05, 4.69) is 5.32 Å². The number of carbonyl (C=O) groups excluding carboxylic acids is 3. The topological polar surface area (TPSA) is 197 Å². The number of hydrogen-bond donors (Lipinski definition) is 5. The molecule has 0 aromatic rings. The van der Waals surface area contributed by atoms with Crippen LogP contribution in [0.15, 0.2) is 22.4 Å². The molecule has 15 heteroatoms. The van der Waals surface area contributed by atoms with Gasteiger partial charge in [-0.15, -0.1) is 11.8 Å². The van der Waals surface area contributed by atoms with Crippen LogP contribution in [0.2, 0.25) is 0 Å². The Bertz CT molecular complexity index is 1170. The third-order valence-corrected chi connectivity index (χ3v) is 9.24. The van der Waals surface area contributed by atoms with Crippen molar-refractivity contribution >= 4 is 41.4 Å². The fraction of sp³-hybridized carbons (Fsp3) is 0.640. The summed E-state index contributed by atoms with van der Waals surface area (Å²) >= 11 is 1.45. The molecule has 0 aliphatic carbocycles. The Morgan fingerprint density at radius 2 is 1.93 bits per heavy atom. The number of fused-ring (bicyclic) bond motifs is 2. The zero-order valence-electron chi connectivity index (χ0n) is 22.5. The van der Waals surface area contributed by atoms with E-state index >= 15 is 0 Å². The summed E-state index contributed by atoms with van der Waals surface area (Å²) in [5.74, 6) is -3.36. The number of amides is 3. The zero-order chi connectivity index (χ0) is 29.6. The summed E-state index contributed by atoms with van der Waals surface area (Å²) in [6.07, 6.45) is 0.836. The summed E-state index contributed by atoms with van der Waals surface area (Å²) in [5, 5.41) is 40.3. The molecule has 0 spiro atoms. The summed E-state index contributed by atoms with van der Waals surface area (Å²) in [5.41, 5.74) is 0.0387. The molecule has 40 heavy (non-hydrogen) atoms. The molecule has 4 fully saturated rings. The van der Waals surface area contributed by atoms with Gasteiger partial charge in [-0.25, -0.2) is 9.59 Å². The first-order valence-corrected chi connectivity index (χ1v) is 13.8. The summed E-state index contributed by atoms with van der Waals surface area (Å²) < 4.78 is 5.17. The number of nitrogens with one attached hydrogen (secondary N) is 1. The Hall–Kier alpha value is -3.14. The van der Waals surface area contributed by atoms with Gasteiger partial charge in [-0.1, -0.05) is 6.92 Å². The van der Waals surface area contributed by atoms with Gasteiger partial charge < -0.3 is 40.3 Å². The van der Waals surface area contributed by atoms with Crippen LogP contribution in [0.1, 0.15) is 26.7 Å². The van der Waals surface area contributed by atoms with E-state index in [0.717, 1.165) is 0 Å². The van der Waals surface area contributed by atoms with Crippen molar-refractivity contribution in [1.82, 2.24) is 20.0 Å². The number of nitrogens with zero attached hydrogens (tertiary/aromatic N) is 3. The fourth-order valence-corrected chi connectivity index (χ4v) is 7.29. The van der Waals surface area contributed by atoms with Crippen LogP contribution < -0.4 is 5.32 Å². The number of thioether (sulfide) groups is 1. The molecule has 5 aliphatic rings. The van der Waals surface area contributed by atoms with Gasteiger partial charge in [0.15, 0.2) is 12.3 Å². The number of carboxylic acid groups (broad SMARTS) is 2. The van der Waals surface area contributed by atoms with Crippen LogP contribution in [0.4, 0.5) is 0 Å². The smallest absolute Gasteiger partial charge is 0.353 e. The van der Waals surface area contributed by atoms with Gasteiger partial charge >= 0.3 is 11.9 Å². The number of carboxylic acids is 2. The molecule has 0 aromatic heterocycles. The number of carbonyl (C=O) groups is 5. The largest absolute Gasteiger partial charge is 0.479 e. The van der Waals surface area contributed by atoms with Crippen LogP contribution in [0.5, 0.6) is 0 Å². The molecule has 3 amide bonds. The normalized spacial score (nSPS) is 33.9. The maximum absolute atomic E-state index is 12.3. The van der Waals surface area contributed by atoms with E-state index in [-0.39, 0.29) is 65.5 Å². The summed E-state index contributed by atoms with van der Waals surface area (Å²) in [4.78, 5) is 62.9. The van der Waals surface area contributed by atoms with Crippen LogP contribution in [0.25, 0.3) is 0 Å². The first-order chi connectivity index (χ1) is 18.8. The molecule has 5 heterocycles. The minimum atomic E-state index is -1.14. The van der Waals surface area contributed by atoms with E-state index in [9.17, 15) is 34.2 Å². The second kappa shape index (κ2) is 11.4. The van der Waals surface area contributed by atoms with Gasteiger partial charge in [0.1, 0.15) is 11.5 Å². The second-order valence-corrected chi connectivity index (χ2v) is 11.9. The van der Waals surface area contributed by atoms with E-state index in [0.29, 0.717) is 17.9 Å². The van der Waals surface area contributed by atoms with Gasteiger partial charge in [0.2, 0.25) is 17.7 Å². The average molecular weight is 583 g/mol. The van der Waals surface area contributed by atoms with Crippen molar-refractivity contribution in [3.63, 3.8) is 0 Å². The van der Waals surface area contributed by atoms with Gasteiger partial charge in [-0.3, -0.25) is 19.3 Å². The Balaban J connectivity index is 0.000000222. The molecule has 0 bridgehead atoms. The number of β-lactam (4-membered cyclic amide) rings is 2. The maximum Gasteiger partial charge on any atom is 0.353 e. The van der Waals surface area contributed by atoms with Crippen molar-refractivity contribution in [2.24, 2.45) is 11.8 Å². The second-order valence-electron chi connectivity index (χ2n) is 10.5. The molecule has 2 unspecified atom stereocenters. The number of hydrogen-bond acceptors (Lipinski definition) is 10. The molecule has 5 N–H and O–H groups in total. The molecule has 5 rings (SSSR count). The van der Waals surface area contributed by atoms with Crippen LogP contribution >= 0.6 is 11.8 Å². The Morgan fingerprint density at radius 1 is 1.25 bits per heavy atom. The van der Waals surface area contributed by atoms with E-state index in [1.165, 1.54) is 27.6 Å². The number of aliphatic hydroxyl groups is 2. The molecule has 14 nitrogen and oxygen atoms in total. The van der Waals surface area contributed by atoms with Crippen molar-refractivity contribution in [2.75, 3.05) is 27.2 Å². The highest BCUT2D eigenvalue weighted by Gasteiger charge is 2.60. The molecular formula is C25H34N4O10S. The fourth-order valence-electron chi connectivity index (χ4n) is 5.81. The van der Waals surface area contributed by atoms with Crippen LogP contribution in [-0.2, 0) is 28.7 Å². The Kier molecular flexibility index (Phi) is 8.49. The lowest BCUT2D eigenvalue weighted by Gasteiger charge is -2.46. The van der Waals surface area contributed by atoms with Crippen LogP contribution in [-0.4, -0.2) is 128 Å². The monoisotopic (exact) mass is 582 g/mol. The molecule has 0 saturated carbocycles. The first-order valence-electron chi connectivity index (χ1n) is 12.9. The standard InChI is InChI=1S/C17H25N3O5S.C8H9NO5/c1-7-12-11(8(2)21)16(23)20(12)13(17(24)25)14(7)26-9-5-10(18-6-9)15(22)19(3)4;10-2-1-4-7(8(12)13)9-5(11)3-6(9)14-4/h7-12,18,21H,5-6H2,1-4H3,(H,24,25);1,6-7,10H,2-3H2,(H,12,13)/t7-,8+,9+,10+,11-,12-;/m1./s1. The Labute approximate surface area is 234 Å². The van der Waals surface area contributed by atoms with Crippen LogP contribution in [0.3, 0.4) is 0 Å². The van der Waals surface area contributed by atoms with Crippen LogP contribution in [0, 0.1) is 11.8 Å². The van der Waals surface area contributed by atoms with Gasteiger partial charge in [0.25, 0.3) is 0 Å². The quantitative estimate of drug-likeness (QED) is 0.220. The molecule has 0 radical (unpaired) electrons. The van der Waals surface area contributed by atoms with E-state index < -0.39 is 36.2 Å². The van der Waals surface area contributed by atoms with E-state index in [1.54, 1.807) is 25.9 Å². The van der Waals surface area contributed by atoms with Crippen molar-refractivity contribution in [2.45, 2.75) is 62.4 Å². The van der Waals surface area contributed by atoms with Crippen molar-refractivity contribution in [3.8, 4) is 0 Å². The molecule has 0 aromatic carbocycles. The third-order valence-electron chi connectivity index (χ3n) is 7.73. The van der Waals surface area contributed by atoms with Gasteiger partial charge in [-0.05, 0) is 19.4 Å². The number of aliphatic carboxylic acids is 2. The third kappa shape index (κ3) is 5.06. The van der Waals surface area contributed by atoms with Crippen molar-refractivity contribution in [3.05, 3.63) is 22.4 Å². The lowest BCUT2D eigenvalue weighted by atomic mass is 9.79. The highest BCUT2D eigenvalue weighted by molar-refractivity contribution is 8.03. The number of aliphatic hydroxyl groups excluding tert-OH is 2. The number of likely N-dealkylation sites (N-methyl/N-ethyl adjacent to an activating group) is 1. The highest BCUT2D eigenvalue weighted by Crippen LogP contribution is 2.51. The van der Waals surface area contributed by atoms with Gasteiger partial charge in [0.05, 0.1) is 37.1 Å². The molecule has 4 saturated heterocycles. The molecule has 5 aliphatic heterocycles. The molecule has 8 atom stereocenters. The maximum atomic E-state index is 12.3. The van der Waals surface area contributed by atoms with Gasteiger partial charge in [0, 0.05) is 36.7 Å². The van der Waals surface area contributed by atoms with Gasteiger partial charge in [-0.2, -0.15) is 0 Å². The number of rotatable bonds is 7. The Morgan fingerprint density at radius 3 is 2.45 bits per heavy atom. The first kappa shape index (κ1) is 29.8. The predicted molar refractivity (Wildman–Crippen MR) is 139 cm³/mol. The summed E-state index contributed by atoms with van der Waals surface area (Å²) in [6.45, 7) is 3.78. The molecule has 220 valence electrons.